The van der Waals surface area contributed by atoms with Crippen LogP contribution in [0.15, 0.2) is 29.3 Å². The molecule has 2 N–H and O–H groups in total. The maximum atomic E-state index is 11.9. The van der Waals surface area contributed by atoms with E-state index in [4.69, 9.17) is 0 Å². The quantitative estimate of drug-likeness (QED) is 0.521. The summed E-state index contributed by atoms with van der Waals surface area (Å²) in [6.07, 6.45) is 6.95. The zero-order chi connectivity index (χ0) is 20.5. The minimum absolute atomic E-state index is 0.275. The fraction of sp³-hybridized carbons (Fsp3) is 0.652. The maximum Gasteiger partial charge on any atom is 0.222 e. The molecular formula is C23H37N5O. The minimum atomic E-state index is 0.275. The van der Waals surface area contributed by atoms with E-state index in [0.29, 0.717) is 13.0 Å². The second-order valence-corrected chi connectivity index (χ2v) is 8.19. The molecule has 2 fully saturated rings. The van der Waals surface area contributed by atoms with E-state index in [1.165, 1.54) is 43.4 Å². The van der Waals surface area contributed by atoms with Crippen LogP contribution in [0, 0.1) is 0 Å². The smallest absolute Gasteiger partial charge is 0.222 e. The Morgan fingerprint density at radius 2 is 2.03 bits per heavy atom. The van der Waals surface area contributed by atoms with Gasteiger partial charge < -0.3 is 15.5 Å². The molecular weight excluding hydrogens is 362 g/mol. The van der Waals surface area contributed by atoms with Crippen molar-refractivity contribution in [2.45, 2.75) is 64.6 Å². The van der Waals surface area contributed by atoms with E-state index in [0.717, 1.165) is 44.6 Å². The number of piperidine rings is 1. The van der Waals surface area contributed by atoms with E-state index in [2.05, 4.69) is 51.7 Å². The van der Waals surface area contributed by atoms with Gasteiger partial charge in [-0.05, 0) is 43.4 Å². The monoisotopic (exact) mass is 399 g/mol. The molecule has 1 aromatic carbocycles. The summed E-state index contributed by atoms with van der Waals surface area (Å²) in [5.74, 6) is 1.12. The van der Waals surface area contributed by atoms with Gasteiger partial charge in [-0.2, -0.15) is 0 Å². The van der Waals surface area contributed by atoms with Crippen molar-refractivity contribution in [3.8, 4) is 0 Å². The SMILES string of the molecule is CCC1CCCCN1CCNC(=NC)NCc1cccc(CN2CCCC2=O)c1. The van der Waals surface area contributed by atoms with Crippen LogP contribution in [-0.2, 0) is 17.9 Å². The molecule has 2 aliphatic rings. The normalized spacial score (nSPS) is 20.9. The van der Waals surface area contributed by atoms with Gasteiger partial charge in [-0.3, -0.25) is 14.7 Å². The van der Waals surface area contributed by atoms with E-state index < -0.39 is 0 Å². The lowest BCUT2D eigenvalue weighted by atomic mass is 10.0. The van der Waals surface area contributed by atoms with Gasteiger partial charge in [-0.1, -0.05) is 37.6 Å². The highest BCUT2D eigenvalue weighted by Gasteiger charge is 2.21. The Balaban J connectivity index is 1.43. The van der Waals surface area contributed by atoms with E-state index in [1.54, 1.807) is 0 Å². The number of likely N-dealkylation sites (tertiary alicyclic amines) is 2. The van der Waals surface area contributed by atoms with Crippen molar-refractivity contribution in [3.63, 3.8) is 0 Å². The Hall–Kier alpha value is -2.08. The van der Waals surface area contributed by atoms with Crippen molar-refractivity contribution in [3.05, 3.63) is 35.4 Å². The number of hydrogen-bond acceptors (Lipinski definition) is 3. The highest BCUT2D eigenvalue weighted by Crippen LogP contribution is 2.18. The highest BCUT2D eigenvalue weighted by atomic mass is 16.2. The van der Waals surface area contributed by atoms with Gasteiger partial charge >= 0.3 is 0 Å². The first kappa shape index (κ1) is 21.6. The van der Waals surface area contributed by atoms with Crippen molar-refractivity contribution < 1.29 is 4.79 Å². The molecule has 0 saturated carbocycles. The molecule has 29 heavy (non-hydrogen) atoms. The van der Waals surface area contributed by atoms with E-state index in [-0.39, 0.29) is 5.91 Å². The van der Waals surface area contributed by atoms with Crippen molar-refractivity contribution >= 4 is 11.9 Å². The largest absolute Gasteiger partial charge is 0.355 e. The molecule has 0 aliphatic carbocycles. The molecule has 1 atom stereocenters. The van der Waals surface area contributed by atoms with Gasteiger partial charge in [0.1, 0.15) is 0 Å². The van der Waals surface area contributed by atoms with E-state index in [9.17, 15) is 4.79 Å². The number of rotatable bonds is 8. The van der Waals surface area contributed by atoms with Crippen LogP contribution >= 0.6 is 0 Å². The number of carbonyl (C=O) groups is 1. The first-order chi connectivity index (χ1) is 14.2. The fourth-order valence-corrected chi connectivity index (χ4v) is 4.47. The average molecular weight is 400 g/mol. The van der Waals surface area contributed by atoms with Gasteiger partial charge in [-0.15, -0.1) is 0 Å². The molecule has 6 heteroatoms. The third kappa shape index (κ3) is 6.46. The Morgan fingerprint density at radius 1 is 1.17 bits per heavy atom. The number of aliphatic imine (C=N–C) groups is 1. The molecule has 1 aromatic rings. The van der Waals surface area contributed by atoms with Crippen LogP contribution in [0.3, 0.4) is 0 Å². The van der Waals surface area contributed by atoms with Crippen LogP contribution in [0.2, 0.25) is 0 Å². The summed E-state index contributed by atoms with van der Waals surface area (Å²) in [4.78, 5) is 20.8. The molecule has 2 aliphatic heterocycles. The molecule has 1 amide bonds. The predicted octanol–water partition coefficient (Wildman–Crippen LogP) is 2.74. The lowest BCUT2D eigenvalue weighted by Gasteiger charge is -2.35. The molecule has 6 nitrogen and oxygen atoms in total. The number of hydrogen-bond donors (Lipinski definition) is 2. The first-order valence-electron chi connectivity index (χ1n) is 11.2. The van der Waals surface area contributed by atoms with Gasteiger partial charge in [0.15, 0.2) is 5.96 Å². The van der Waals surface area contributed by atoms with Crippen LogP contribution in [-0.4, -0.2) is 60.9 Å². The molecule has 0 radical (unpaired) electrons. The van der Waals surface area contributed by atoms with Gasteiger partial charge in [0.25, 0.3) is 0 Å². The molecule has 3 rings (SSSR count). The van der Waals surface area contributed by atoms with Gasteiger partial charge in [0, 0.05) is 52.2 Å². The fourth-order valence-electron chi connectivity index (χ4n) is 4.47. The van der Waals surface area contributed by atoms with Crippen LogP contribution in [0.4, 0.5) is 0 Å². The van der Waals surface area contributed by atoms with Gasteiger partial charge in [-0.25, -0.2) is 0 Å². The topological polar surface area (TPSA) is 60.0 Å². The maximum absolute atomic E-state index is 11.9. The number of amides is 1. The Morgan fingerprint density at radius 3 is 2.79 bits per heavy atom. The molecule has 1 unspecified atom stereocenters. The third-order valence-electron chi connectivity index (χ3n) is 6.13. The number of nitrogens with zero attached hydrogens (tertiary/aromatic N) is 3. The summed E-state index contributed by atoms with van der Waals surface area (Å²) in [5.41, 5.74) is 2.40. The standard InChI is InChI=1S/C23H37N5O/c1-3-21-10-4-5-13-27(21)15-12-25-23(24-2)26-17-19-8-6-9-20(16-19)18-28-14-7-11-22(28)29/h6,8-9,16,21H,3-5,7,10-15,17-18H2,1-2H3,(H2,24,25,26). The summed E-state index contributed by atoms with van der Waals surface area (Å²) in [7, 11) is 1.82. The van der Waals surface area contributed by atoms with Crippen LogP contribution in [0.25, 0.3) is 0 Å². The Kier molecular flexibility index (Phi) is 8.35. The third-order valence-corrected chi connectivity index (χ3v) is 6.13. The van der Waals surface area contributed by atoms with Crippen molar-refractivity contribution in [1.82, 2.24) is 20.4 Å². The summed E-state index contributed by atoms with van der Waals surface area (Å²) < 4.78 is 0. The number of guanidine groups is 1. The van der Waals surface area contributed by atoms with Gasteiger partial charge in [0.05, 0.1) is 0 Å². The molecule has 0 spiro atoms. The van der Waals surface area contributed by atoms with E-state index >= 15 is 0 Å². The molecule has 2 saturated heterocycles. The van der Waals surface area contributed by atoms with Crippen molar-refractivity contribution in [1.29, 1.82) is 0 Å². The number of benzene rings is 1. The average Bonchev–Trinajstić information content (AvgIpc) is 3.15. The minimum Gasteiger partial charge on any atom is -0.355 e. The Labute approximate surface area is 175 Å². The lowest BCUT2D eigenvalue weighted by Crippen LogP contribution is -2.45. The summed E-state index contributed by atoms with van der Waals surface area (Å²) >= 11 is 0. The zero-order valence-corrected chi connectivity index (χ0v) is 18.1. The highest BCUT2D eigenvalue weighted by molar-refractivity contribution is 5.79. The second-order valence-electron chi connectivity index (χ2n) is 8.19. The molecule has 2 heterocycles. The van der Waals surface area contributed by atoms with Crippen LogP contribution in [0.1, 0.15) is 56.6 Å². The summed E-state index contributed by atoms with van der Waals surface area (Å²) in [6.45, 7) is 7.82. The number of nitrogens with one attached hydrogen (secondary N) is 2. The lowest BCUT2D eigenvalue weighted by molar-refractivity contribution is -0.128. The second kappa shape index (κ2) is 11.2. The van der Waals surface area contributed by atoms with Crippen LogP contribution < -0.4 is 10.6 Å². The first-order valence-corrected chi connectivity index (χ1v) is 11.2. The Bertz CT molecular complexity index is 690. The summed E-state index contributed by atoms with van der Waals surface area (Å²) in [5, 5.41) is 6.87. The van der Waals surface area contributed by atoms with E-state index in [1.807, 2.05) is 11.9 Å². The molecule has 0 aromatic heterocycles. The number of carbonyl (C=O) groups excluding carboxylic acids is 1. The molecule has 0 bridgehead atoms. The summed E-state index contributed by atoms with van der Waals surface area (Å²) in [6, 6.07) is 9.22. The molecule has 160 valence electrons. The van der Waals surface area contributed by atoms with Crippen molar-refractivity contribution in [2.75, 3.05) is 33.2 Å². The van der Waals surface area contributed by atoms with Gasteiger partial charge in [0.2, 0.25) is 5.91 Å². The van der Waals surface area contributed by atoms with Crippen LogP contribution in [0.5, 0.6) is 0 Å². The zero-order valence-electron chi connectivity index (χ0n) is 18.1. The predicted molar refractivity (Wildman–Crippen MR) is 119 cm³/mol. The van der Waals surface area contributed by atoms with Crippen molar-refractivity contribution in [2.24, 2.45) is 4.99 Å².